The first-order valence-corrected chi connectivity index (χ1v) is 6.61. The van der Waals surface area contributed by atoms with Gasteiger partial charge in [0.2, 0.25) is 0 Å². The Morgan fingerprint density at radius 1 is 1.29 bits per heavy atom. The minimum Gasteiger partial charge on any atom is -0.346 e. The summed E-state index contributed by atoms with van der Waals surface area (Å²) in [7, 11) is 0. The second-order valence-electron chi connectivity index (χ2n) is 5.33. The van der Waals surface area contributed by atoms with E-state index in [2.05, 4.69) is 10.2 Å². The third-order valence-electron chi connectivity index (χ3n) is 3.56. The Kier molecular flexibility index (Phi) is 3.07. The number of allylic oxidation sites excluding steroid dienone is 1. The van der Waals surface area contributed by atoms with E-state index in [1.54, 1.807) is 31.0 Å². The van der Waals surface area contributed by atoms with Gasteiger partial charge in [0.1, 0.15) is 5.70 Å². The molecule has 0 atom stereocenters. The second-order valence-corrected chi connectivity index (χ2v) is 5.33. The molecule has 2 heterocycles. The quantitative estimate of drug-likeness (QED) is 0.922. The highest BCUT2D eigenvalue weighted by molar-refractivity contribution is 5.82. The van der Waals surface area contributed by atoms with Gasteiger partial charge in [0.05, 0.1) is 18.4 Å². The zero-order valence-electron chi connectivity index (χ0n) is 11.6. The van der Waals surface area contributed by atoms with Crippen molar-refractivity contribution < 1.29 is 13.2 Å². The van der Waals surface area contributed by atoms with Crippen LogP contribution in [-0.4, -0.2) is 34.0 Å². The van der Waals surface area contributed by atoms with Gasteiger partial charge in [-0.1, -0.05) is 0 Å². The summed E-state index contributed by atoms with van der Waals surface area (Å²) in [6.45, 7) is 3.70. The van der Waals surface area contributed by atoms with E-state index in [1.165, 1.54) is 11.1 Å². The molecule has 0 spiro atoms. The molecule has 0 amide bonds. The van der Waals surface area contributed by atoms with Crippen LogP contribution in [-0.2, 0) is 0 Å². The number of benzene rings is 1. The molecule has 0 radical (unpaired) electrons. The summed E-state index contributed by atoms with van der Waals surface area (Å²) in [6.07, 6.45) is -1.52. The van der Waals surface area contributed by atoms with Crippen LogP contribution < -0.4 is 4.90 Å². The molecule has 112 valence electrons. The number of rotatable bonds is 2. The molecule has 1 aromatic heterocycles. The van der Waals surface area contributed by atoms with Gasteiger partial charge in [0, 0.05) is 23.3 Å². The van der Waals surface area contributed by atoms with Gasteiger partial charge >= 0.3 is 6.18 Å². The lowest BCUT2D eigenvalue weighted by molar-refractivity contribution is -0.111. The number of halogens is 3. The first-order valence-electron chi connectivity index (χ1n) is 6.61. The highest BCUT2D eigenvalue weighted by Gasteiger charge is 2.42. The average molecular weight is 296 g/mol. The smallest absolute Gasteiger partial charge is 0.346 e. The Bertz CT molecular complexity index is 687. The van der Waals surface area contributed by atoms with Crippen molar-refractivity contribution in [1.29, 1.82) is 0 Å². The molecular formula is C14H15F3N4. The summed E-state index contributed by atoms with van der Waals surface area (Å²) in [4.78, 5) is 2.95. The highest BCUT2D eigenvalue weighted by Crippen LogP contribution is 2.36. The van der Waals surface area contributed by atoms with Crippen molar-refractivity contribution in [3.8, 4) is 0 Å². The lowest BCUT2D eigenvalue weighted by Crippen LogP contribution is -2.36. The monoisotopic (exact) mass is 296 g/mol. The Balaban J connectivity index is 1.97. The molecule has 7 heteroatoms. The lowest BCUT2D eigenvalue weighted by atomic mass is 10.2. The molecule has 1 aliphatic rings. The summed E-state index contributed by atoms with van der Waals surface area (Å²) in [6, 6.07) is 5.21. The molecule has 21 heavy (non-hydrogen) atoms. The molecule has 2 aromatic rings. The number of aromatic amines is 1. The van der Waals surface area contributed by atoms with E-state index < -0.39 is 11.9 Å². The van der Waals surface area contributed by atoms with Crippen LogP contribution in [0.5, 0.6) is 0 Å². The molecule has 4 nitrogen and oxygen atoms in total. The van der Waals surface area contributed by atoms with Gasteiger partial charge in [-0.2, -0.15) is 18.3 Å². The maximum atomic E-state index is 13.1. The van der Waals surface area contributed by atoms with E-state index in [1.807, 2.05) is 12.1 Å². The summed E-state index contributed by atoms with van der Waals surface area (Å²) >= 11 is 0. The van der Waals surface area contributed by atoms with Crippen LogP contribution in [0.25, 0.3) is 10.9 Å². The molecule has 0 bridgehead atoms. The normalized spacial score (nSPS) is 16.2. The topological polar surface area (TPSA) is 35.2 Å². The first kappa shape index (κ1) is 13.8. The molecule has 0 saturated heterocycles. The van der Waals surface area contributed by atoms with E-state index in [0.717, 1.165) is 10.9 Å². The zero-order valence-corrected chi connectivity index (χ0v) is 11.6. The molecule has 1 N–H and O–H groups in total. The number of fused-ring (bicyclic) bond motifs is 1. The third kappa shape index (κ3) is 2.43. The molecule has 0 unspecified atom stereocenters. The Morgan fingerprint density at radius 3 is 2.67 bits per heavy atom. The van der Waals surface area contributed by atoms with Gasteiger partial charge in [-0.15, -0.1) is 0 Å². The number of hydrogen-bond donors (Lipinski definition) is 1. The van der Waals surface area contributed by atoms with E-state index in [4.69, 9.17) is 0 Å². The standard InChI is InChI=1S/C14H15F3N4/c1-9(2)21-8-20(7-13(21)14(15,16)17)11-3-4-12-10(5-11)6-18-19-12/h3-7,9H,8H2,1-2H3,(H,18,19). The Hall–Kier alpha value is -2.18. The van der Waals surface area contributed by atoms with Gasteiger partial charge in [-0.3, -0.25) is 5.10 Å². The Morgan fingerprint density at radius 2 is 2.05 bits per heavy atom. The largest absolute Gasteiger partial charge is 0.432 e. The SMILES string of the molecule is CC(C)N1CN(c2ccc3[nH]ncc3c2)C=C1C(F)(F)F. The molecule has 1 aliphatic heterocycles. The number of H-pyrrole nitrogens is 1. The van der Waals surface area contributed by atoms with Crippen molar-refractivity contribution in [3.63, 3.8) is 0 Å². The summed E-state index contributed by atoms with van der Waals surface area (Å²) in [5.74, 6) is 0. The first-order chi connectivity index (χ1) is 9.86. The predicted octanol–water partition coefficient (Wildman–Crippen LogP) is 3.45. The van der Waals surface area contributed by atoms with Crippen LogP contribution in [0, 0.1) is 0 Å². The number of alkyl halides is 3. The van der Waals surface area contributed by atoms with Gasteiger partial charge in [0.15, 0.2) is 0 Å². The minimum atomic E-state index is -4.35. The summed E-state index contributed by atoms with van der Waals surface area (Å²) < 4.78 is 39.3. The van der Waals surface area contributed by atoms with Crippen molar-refractivity contribution >= 4 is 16.6 Å². The molecular weight excluding hydrogens is 281 g/mol. The summed E-state index contributed by atoms with van der Waals surface area (Å²) in [5, 5.41) is 7.61. The van der Waals surface area contributed by atoms with Crippen molar-refractivity contribution in [2.45, 2.75) is 26.1 Å². The maximum Gasteiger partial charge on any atom is 0.432 e. The van der Waals surface area contributed by atoms with Crippen molar-refractivity contribution in [2.24, 2.45) is 0 Å². The van der Waals surface area contributed by atoms with Crippen LogP contribution >= 0.6 is 0 Å². The summed E-state index contributed by atoms with van der Waals surface area (Å²) in [5.41, 5.74) is 0.970. The van der Waals surface area contributed by atoms with Gasteiger partial charge in [0.25, 0.3) is 0 Å². The number of nitrogens with one attached hydrogen (secondary N) is 1. The molecule has 0 aliphatic carbocycles. The van der Waals surface area contributed by atoms with Crippen LogP contribution in [0.2, 0.25) is 0 Å². The molecule has 3 rings (SSSR count). The average Bonchev–Trinajstić information content (AvgIpc) is 3.03. The van der Waals surface area contributed by atoms with E-state index in [-0.39, 0.29) is 12.7 Å². The third-order valence-corrected chi connectivity index (χ3v) is 3.56. The Labute approximate surface area is 119 Å². The zero-order chi connectivity index (χ0) is 15.2. The van der Waals surface area contributed by atoms with E-state index in [0.29, 0.717) is 5.69 Å². The number of anilines is 1. The van der Waals surface area contributed by atoms with Crippen LogP contribution in [0.15, 0.2) is 36.3 Å². The molecule has 0 saturated carbocycles. The van der Waals surface area contributed by atoms with Crippen LogP contribution in [0.4, 0.5) is 18.9 Å². The maximum absolute atomic E-state index is 13.1. The molecule has 0 fully saturated rings. The predicted molar refractivity (Wildman–Crippen MR) is 74.6 cm³/mol. The van der Waals surface area contributed by atoms with E-state index >= 15 is 0 Å². The van der Waals surface area contributed by atoms with Crippen LogP contribution in [0.1, 0.15) is 13.8 Å². The van der Waals surface area contributed by atoms with Crippen molar-refractivity contribution in [1.82, 2.24) is 15.1 Å². The van der Waals surface area contributed by atoms with Gasteiger partial charge in [-0.25, -0.2) is 0 Å². The van der Waals surface area contributed by atoms with Crippen molar-refractivity contribution in [3.05, 3.63) is 36.3 Å². The number of hydrogen-bond acceptors (Lipinski definition) is 3. The van der Waals surface area contributed by atoms with Gasteiger partial charge < -0.3 is 9.80 Å². The number of nitrogens with zero attached hydrogens (tertiary/aromatic N) is 3. The fraction of sp³-hybridized carbons (Fsp3) is 0.357. The molecule has 1 aromatic carbocycles. The van der Waals surface area contributed by atoms with Gasteiger partial charge in [-0.05, 0) is 32.0 Å². The lowest BCUT2D eigenvalue weighted by Gasteiger charge is -2.28. The highest BCUT2D eigenvalue weighted by atomic mass is 19.4. The number of aromatic nitrogens is 2. The van der Waals surface area contributed by atoms with Crippen molar-refractivity contribution in [2.75, 3.05) is 11.6 Å². The fourth-order valence-electron chi connectivity index (χ4n) is 2.45. The minimum absolute atomic E-state index is 0.190. The second kappa shape index (κ2) is 4.68. The van der Waals surface area contributed by atoms with Crippen LogP contribution in [0.3, 0.4) is 0 Å². The fourth-order valence-corrected chi connectivity index (χ4v) is 2.45. The van der Waals surface area contributed by atoms with E-state index in [9.17, 15) is 13.2 Å².